The molecular formula is C31H30N2O4. The van der Waals surface area contributed by atoms with Crippen LogP contribution in [0.3, 0.4) is 0 Å². The Balaban J connectivity index is 1.47. The molecule has 0 spiro atoms. The second-order valence-electron chi connectivity index (χ2n) is 9.78. The molecule has 4 N–H and O–H groups in total. The quantitative estimate of drug-likeness (QED) is 0.251. The number of fused-ring (bicyclic) bond motifs is 1. The number of hydrogen-bond acceptors (Lipinski definition) is 5. The van der Waals surface area contributed by atoms with Gasteiger partial charge in [0.15, 0.2) is 0 Å². The number of aliphatic hydroxyl groups is 1. The van der Waals surface area contributed by atoms with E-state index in [1.165, 1.54) is 12.1 Å². The van der Waals surface area contributed by atoms with E-state index in [-0.39, 0.29) is 5.56 Å². The van der Waals surface area contributed by atoms with E-state index >= 15 is 0 Å². The first kappa shape index (κ1) is 25.9. The van der Waals surface area contributed by atoms with Crippen molar-refractivity contribution in [2.24, 2.45) is 5.73 Å². The van der Waals surface area contributed by atoms with Gasteiger partial charge in [0, 0.05) is 5.54 Å². The van der Waals surface area contributed by atoms with E-state index in [4.69, 9.17) is 15.6 Å². The van der Waals surface area contributed by atoms with Crippen molar-refractivity contribution in [3.8, 4) is 22.9 Å². The largest absolute Gasteiger partial charge is 0.492 e. The molecule has 4 aromatic rings. The molecule has 188 valence electrons. The normalized spacial score (nSPS) is 12.2. The molecule has 0 fully saturated rings. The highest BCUT2D eigenvalue weighted by Gasteiger charge is 2.26. The van der Waals surface area contributed by atoms with Crippen LogP contribution in [0.4, 0.5) is 0 Å². The van der Waals surface area contributed by atoms with Crippen LogP contribution in [0.1, 0.15) is 53.4 Å². The van der Waals surface area contributed by atoms with Crippen molar-refractivity contribution < 1.29 is 19.7 Å². The molecule has 0 aliphatic carbocycles. The van der Waals surface area contributed by atoms with Crippen molar-refractivity contribution in [2.75, 3.05) is 6.61 Å². The van der Waals surface area contributed by atoms with Gasteiger partial charge in [0.25, 0.3) is 0 Å². The molecule has 1 atom stereocenters. The van der Waals surface area contributed by atoms with E-state index in [1.807, 2.05) is 44.2 Å². The molecular weight excluding hydrogens is 464 g/mol. The average Bonchev–Trinajstić information content (AvgIpc) is 2.89. The number of rotatable bonds is 9. The van der Waals surface area contributed by atoms with Gasteiger partial charge in [-0.2, -0.15) is 5.26 Å². The molecule has 0 aliphatic heterocycles. The van der Waals surface area contributed by atoms with Crippen LogP contribution in [-0.4, -0.2) is 28.3 Å². The minimum atomic E-state index is -0.981. The lowest BCUT2D eigenvalue weighted by molar-refractivity contribution is 0.0697. The van der Waals surface area contributed by atoms with E-state index in [9.17, 15) is 15.2 Å². The van der Waals surface area contributed by atoms with Gasteiger partial charge in [-0.25, -0.2) is 4.79 Å². The molecule has 0 heterocycles. The number of carboxylic acid groups (broad SMARTS) is 1. The zero-order chi connectivity index (χ0) is 26.6. The number of carbonyl (C=O) groups is 1. The molecule has 0 aliphatic rings. The molecule has 0 radical (unpaired) electrons. The first-order valence-corrected chi connectivity index (χ1v) is 12.2. The van der Waals surface area contributed by atoms with Gasteiger partial charge < -0.3 is 20.7 Å². The Morgan fingerprint density at radius 2 is 1.65 bits per heavy atom. The van der Waals surface area contributed by atoms with Crippen molar-refractivity contribution in [3.63, 3.8) is 0 Å². The maximum atomic E-state index is 11.1. The number of hydrogen-bond donors (Lipinski definition) is 3. The summed E-state index contributed by atoms with van der Waals surface area (Å²) in [5, 5.41) is 31.8. The summed E-state index contributed by atoms with van der Waals surface area (Å²) in [6, 6.07) is 26.2. The Morgan fingerprint density at radius 1 is 1.00 bits per heavy atom. The predicted octanol–water partition coefficient (Wildman–Crippen LogP) is 5.86. The van der Waals surface area contributed by atoms with Gasteiger partial charge in [-0.1, -0.05) is 48.5 Å². The van der Waals surface area contributed by atoms with Gasteiger partial charge >= 0.3 is 5.97 Å². The number of nitrogens with zero attached hydrogens (tertiary/aromatic N) is 1. The van der Waals surface area contributed by atoms with Crippen LogP contribution in [0.5, 0.6) is 5.75 Å². The van der Waals surface area contributed by atoms with Crippen LogP contribution in [0.2, 0.25) is 0 Å². The number of aryl methyl sites for hydroxylation is 1. The standard InChI is InChI=1S/C31H30N2O4/c1-31(2,33)29(34)27-18-23-7-4-3-6-22(23)16-25(27)8-5-15-37-28-14-13-24(17-26(28)19-32)20-9-11-21(12-10-20)30(35)36/h3-4,6-7,9-14,16-18,29,34H,5,8,15,33H2,1-2H3,(H,35,36)/t29-/m1/s1. The number of carboxylic acids is 1. The first-order chi connectivity index (χ1) is 17.7. The Bertz CT molecular complexity index is 1460. The fourth-order valence-electron chi connectivity index (χ4n) is 4.35. The van der Waals surface area contributed by atoms with Gasteiger partial charge in [0.2, 0.25) is 0 Å². The maximum Gasteiger partial charge on any atom is 0.335 e. The van der Waals surface area contributed by atoms with Crippen molar-refractivity contribution in [1.29, 1.82) is 5.26 Å². The number of benzene rings is 4. The van der Waals surface area contributed by atoms with E-state index in [1.54, 1.807) is 24.3 Å². The first-order valence-electron chi connectivity index (χ1n) is 12.2. The molecule has 0 unspecified atom stereocenters. The molecule has 0 saturated heterocycles. The summed E-state index contributed by atoms with van der Waals surface area (Å²) in [6.45, 7) is 4.02. The summed E-state index contributed by atoms with van der Waals surface area (Å²) in [5.41, 5.74) is 9.53. The zero-order valence-corrected chi connectivity index (χ0v) is 20.9. The average molecular weight is 495 g/mol. The third-order valence-electron chi connectivity index (χ3n) is 6.42. The number of aromatic carboxylic acids is 1. The van der Waals surface area contributed by atoms with Crippen molar-refractivity contribution in [2.45, 2.75) is 38.3 Å². The highest BCUT2D eigenvalue weighted by Crippen LogP contribution is 2.31. The highest BCUT2D eigenvalue weighted by molar-refractivity contribution is 5.88. The van der Waals surface area contributed by atoms with Crippen LogP contribution in [0.25, 0.3) is 21.9 Å². The molecule has 4 rings (SSSR count). The molecule has 6 nitrogen and oxygen atoms in total. The second-order valence-corrected chi connectivity index (χ2v) is 9.78. The lowest BCUT2D eigenvalue weighted by Gasteiger charge is -2.28. The maximum absolute atomic E-state index is 11.1. The van der Waals surface area contributed by atoms with Gasteiger partial charge in [0.1, 0.15) is 11.8 Å². The Labute approximate surface area is 216 Å². The van der Waals surface area contributed by atoms with Gasteiger partial charge in [-0.3, -0.25) is 0 Å². The van der Waals surface area contributed by atoms with Gasteiger partial charge in [-0.05, 0) is 90.0 Å². The number of nitrogens with two attached hydrogens (primary N) is 1. The zero-order valence-electron chi connectivity index (χ0n) is 20.9. The summed E-state index contributed by atoms with van der Waals surface area (Å²) in [7, 11) is 0. The van der Waals surface area contributed by atoms with E-state index < -0.39 is 17.6 Å². The minimum Gasteiger partial charge on any atom is -0.492 e. The number of nitriles is 1. The van der Waals surface area contributed by atoms with Crippen molar-refractivity contribution >= 4 is 16.7 Å². The molecule has 0 aromatic heterocycles. The Kier molecular flexibility index (Phi) is 7.58. The fraction of sp³-hybridized carbons (Fsp3) is 0.226. The van der Waals surface area contributed by atoms with Crippen LogP contribution in [0, 0.1) is 11.3 Å². The van der Waals surface area contributed by atoms with E-state index in [2.05, 4.69) is 18.2 Å². The predicted molar refractivity (Wildman–Crippen MR) is 145 cm³/mol. The number of ether oxygens (including phenoxy) is 1. The minimum absolute atomic E-state index is 0.210. The van der Waals surface area contributed by atoms with Gasteiger partial charge in [0.05, 0.1) is 23.8 Å². The number of aliphatic hydroxyl groups excluding tert-OH is 1. The molecule has 37 heavy (non-hydrogen) atoms. The summed E-state index contributed by atoms with van der Waals surface area (Å²) in [5.74, 6) is -0.486. The monoisotopic (exact) mass is 494 g/mol. The molecule has 0 saturated carbocycles. The Hall–Kier alpha value is -4.18. The Morgan fingerprint density at radius 3 is 2.27 bits per heavy atom. The molecule has 4 aromatic carbocycles. The topological polar surface area (TPSA) is 117 Å². The van der Waals surface area contributed by atoms with Crippen LogP contribution < -0.4 is 10.5 Å². The summed E-state index contributed by atoms with van der Waals surface area (Å²) in [6.07, 6.45) is 0.561. The SMILES string of the molecule is CC(C)(N)[C@H](O)c1cc2ccccc2cc1CCCOc1ccc(-c2ccc(C(=O)O)cc2)cc1C#N. The molecule has 0 amide bonds. The van der Waals surface area contributed by atoms with Gasteiger partial charge in [-0.15, -0.1) is 0 Å². The van der Waals surface area contributed by atoms with Crippen LogP contribution in [-0.2, 0) is 6.42 Å². The van der Waals surface area contributed by atoms with E-state index in [0.29, 0.717) is 30.8 Å². The smallest absolute Gasteiger partial charge is 0.335 e. The summed E-state index contributed by atoms with van der Waals surface area (Å²) in [4.78, 5) is 11.1. The summed E-state index contributed by atoms with van der Waals surface area (Å²) >= 11 is 0. The second kappa shape index (κ2) is 10.8. The van der Waals surface area contributed by atoms with Crippen molar-refractivity contribution in [3.05, 3.63) is 101 Å². The lowest BCUT2D eigenvalue weighted by atomic mass is 9.86. The van der Waals surface area contributed by atoms with Crippen molar-refractivity contribution in [1.82, 2.24) is 0 Å². The molecule has 0 bridgehead atoms. The van der Waals surface area contributed by atoms with Crippen LogP contribution >= 0.6 is 0 Å². The van der Waals surface area contributed by atoms with E-state index in [0.717, 1.165) is 33.0 Å². The summed E-state index contributed by atoms with van der Waals surface area (Å²) < 4.78 is 5.96. The highest BCUT2D eigenvalue weighted by atomic mass is 16.5. The van der Waals surface area contributed by atoms with Crippen LogP contribution in [0.15, 0.2) is 78.9 Å². The third-order valence-corrected chi connectivity index (χ3v) is 6.42. The lowest BCUT2D eigenvalue weighted by Crippen LogP contribution is -2.39. The fourth-order valence-corrected chi connectivity index (χ4v) is 4.35. The molecule has 6 heteroatoms. The third kappa shape index (κ3) is 5.97.